The molecule has 4 heteroatoms. The second-order valence-corrected chi connectivity index (χ2v) is 6.13. The lowest BCUT2D eigenvalue weighted by atomic mass is 10.1. The molecule has 2 N–H and O–H groups in total. The van der Waals surface area contributed by atoms with Crippen molar-refractivity contribution < 1.29 is 14.2 Å². The molecule has 0 saturated carbocycles. The number of hydrogen-bond donors (Lipinski definition) is 1. The third kappa shape index (κ3) is 6.35. The molecule has 0 unspecified atom stereocenters. The fourth-order valence-electron chi connectivity index (χ4n) is 2.61. The van der Waals surface area contributed by atoms with Crippen molar-refractivity contribution >= 4 is 0 Å². The fraction of sp³-hybridized carbons (Fsp3) is 0.217. The molecule has 140 valence electrons. The number of ether oxygens (including phenoxy) is 3. The van der Waals surface area contributed by atoms with E-state index in [-0.39, 0.29) is 0 Å². The van der Waals surface area contributed by atoms with Crippen LogP contribution in [0.4, 0.5) is 0 Å². The van der Waals surface area contributed by atoms with Crippen LogP contribution in [0.15, 0.2) is 78.9 Å². The first-order chi connectivity index (χ1) is 13.3. The maximum Gasteiger partial charge on any atom is 0.122 e. The van der Waals surface area contributed by atoms with Crippen LogP contribution in [0.2, 0.25) is 0 Å². The van der Waals surface area contributed by atoms with Gasteiger partial charge >= 0.3 is 0 Å². The topological polar surface area (TPSA) is 53.7 Å². The summed E-state index contributed by atoms with van der Waals surface area (Å²) in [6.07, 6.45) is 0.883. The zero-order valence-electron chi connectivity index (χ0n) is 15.3. The summed E-state index contributed by atoms with van der Waals surface area (Å²) in [5, 5.41) is 0. The van der Waals surface area contributed by atoms with Crippen LogP contribution in [0.5, 0.6) is 17.2 Å². The van der Waals surface area contributed by atoms with E-state index in [1.807, 2.05) is 78.9 Å². The van der Waals surface area contributed by atoms with E-state index >= 15 is 0 Å². The van der Waals surface area contributed by atoms with E-state index in [1.54, 1.807) is 0 Å². The Balaban J connectivity index is 1.37. The highest BCUT2D eigenvalue weighted by Crippen LogP contribution is 2.19. The lowest BCUT2D eigenvalue weighted by Gasteiger charge is -2.10. The summed E-state index contributed by atoms with van der Waals surface area (Å²) in [6.45, 7) is 2.18. The Bertz CT molecular complexity index is 786. The number of nitrogens with two attached hydrogens (primary N) is 1. The smallest absolute Gasteiger partial charge is 0.122 e. The van der Waals surface area contributed by atoms with Crippen LogP contribution in [0.1, 0.15) is 11.1 Å². The minimum atomic E-state index is 0.481. The molecule has 0 radical (unpaired) electrons. The van der Waals surface area contributed by atoms with Gasteiger partial charge in [0.25, 0.3) is 0 Å². The van der Waals surface area contributed by atoms with Gasteiger partial charge in [-0.2, -0.15) is 0 Å². The highest BCUT2D eigenvalue weighted by molar-refractivity contribution is 5.31. The summed E-state index contributed by atoms with van der Waals surface area (Å²) in [4.78, 5) is 0. The molecule has 27 heavy (non-hydrogen) atoms. The van der Waals surface area contributed by atoms with Crippen molar-refractivity contribution in [3.05, 3.63) is 90.0 Å². The van der Waals surface area contributed by atoms with Crippen molar-refractivity contribution in [1.82, 2.24) is 0 Å². The van der Waals surface area contributed by atoms with Gasteiger partial charge in [-0.1, -0.05) is 42.5 Å². The van der Waals surface area contributed by atoms with Gasteiger partial charge in [-0.05, 0) is 60.5 Å². The molecule has 0 aliphatic heterocycles. The zero-order valence-corrected chi connectivity index (χ0v) is 15.3. The first-order valence-electron chi connectivity index (χ1n) is 9.15. The summed E-state index contributed by atoms with van der Waals surface area (Å²) in [5.74, 6) is 2.45. The SMILES string of the molecule is NCCc1ccc(OCCOc2ccc(OCc3ccccc3)cc2)cc1. The molecule has 0 amide bonds. The summed E-state index contributed by atoms with van der Waals surface area (Å²) >= 11 is 0. The van der Waals surface area contributed by atoms with Crippen molar-refractivity contribution in [3.63, 3.8) is 0 Å². The van der Waals surface area contributed by atoms with E-state index in [1.165, 1.54) is 5.56 Å². The van der Waals surface area contributed by atoms with E-state index in [0.29, 0.717) is 26.4 Å². The van der Waals surface area contributed by atoms with Crippen LogP contribution in [0.3, 0.4) is 0 Å². The Morgan fingerprint density at radius 2 is 1.07 bits per heavy atom. The largest absolute Gasteiger partial charge is 0.490 e. The molecule has 3 aromatic rings. The van der Waals surface area contributed by atoms with Crippen LogP contribution in [-0.2, 0) is 13.0 Å². The van der Waals surface area contributed by atoms with Gasteiger partial charge < -0.3 is 19.9 Å². The molecule has 3 aromatic carbocycles. The summed E-state index contributed by atoms with van der Waals surface area (Å²) in [6, 6.07) is 25.7. The van der Waals surface area contributed by atoms with Crippen LogP contribution in [0, 0.1) is 0 Å². The van der Waals surface area contributed by atoms with Gasteiger partial charge in [0.15, 0.2) is 0 Å². The van der Waals surface area contributed by atoms with Gasteiger partial charge in [-0.3, -0.25) is 0 Å². The molecule has 0 aromatic heterocycles. The first-order valence-corrected chi connectivity index (χ1v) is 9.15. The normalized spacial score (nSPS) is 10.4. The van der Waals surface area contributed by atoms with Gasteiger partial charge in [-0.15, -0.1) is 0 Å². The van der Waals surface area contributed by atoms with E-state index in [9.17, 15) is 0 Å². The quantitative estimate of drug-likeness (QED) is 0.548. The van der Waals surface area contributed by atoms with E-state index in [0.717, 1.165) is 29.2 Å². The average molecular weight is 363 g/mol. The lowest BCUT2D eigenvalue weighted by molar-refractivity contribution is 0.217. The van der Waals surface area contributed by atoms with Gasteiger partial charge in [0.05, 0.1) is 0 Å². The monoisotopic (exact) mass is 363 g/mol. The van der Waals surface area contributed by atoms with Gasteiger partial charge in [0, 0.05) is 0 Å². The molecule has 0 aliphatic carbocycles. The van der Waals surface area contributed by atoms with Gasteiger partial charge in [0.1, 0.15) is 37.1 Å². The highest BCUT2D eigenvalue weighted by Gasteiger charge is 1.99. The first kappa shape index (κ1) is 18.8. The standard InChI is InChI=1S/C23H25NO3/c24-15-14-19-6-8-21(9-7-19)25-16-17-26-22-10-12-23(13-11-22)27-18-20-4-2-1-3-5-20/h1-13H,14-18,24H2. The molecule has 0 aliphatic rings. The van der Waals surface area contributed by atoms with Crippen LogP contribution in [-0.4, -0.2) is 19.8 Å². The lowest BCUT2D eigenvalue weighted by Crippen LogP contribution is -2.09. The molecule has 3 rings (SSSR count). The molecule has 0 fully saturated rings. The van der Waals surface area contributed by atoms with E-state index in [2.05, 4.69) is 0 Å². The Morgan fingerprint density at radius 3 is 1.63 bits per heavy atom. The van der Waals surface area contributed by atoms with Crippen LogP contribution < -0.4 is 19.9 Å². The number of hydrogen-bond acceptors (Lipinski definition) is 4. The molecule has 0 bridgehead atoms. The number of benzene rings is 3. The predicted molar refractivity (Wildman–Crippen MR) is 107 cm³/mol. The zero-order chi connectivity index (χ0) is 18.7. The minimum Gasteiger partial charge on any atom is -0.490 e. The number of rotatable bonds is 10. The molecular formula is C23H25NO3. The minimum absolute atomic E-state index is 0.481. The Morgan fingerprint density at radius 1 is 0.556 bits per heavy atom. The van der Waals surface area contributed by atoms with Crippen LogP contribution >= 0.6 is 0 Å². The second kappa shape index (κ2) is 10.2. The average Bonchev–Trinajstić information content (AvgIpc) is 2.73. The highest BCUT2D eigenvalue weighted by atomic mass is 16.5. The van der Waals surface area contributed by atoms with Crippen LogP contribution in [0.25, 0.3) is 0 Å². The van der Waals surface area contributed by atoms with Gasteiger partial charge in [0.2, 0.25) is 0 Å². The Labute approximate surface area is 160 Å². The summed E-state index contributed by atoms with van der Waals surface area (Å²) < 4.78 is 17.2. The fourth-order valence-corrected chi connectivity index (χ4v) is 2.61. The Kier molecular flexibility index (Phi) is 7.13. The van der Waals surface area contributed by atoms with Crippen molar-refractivity contribution in [2.45, 2.75) is 13.0 Å². The maximum absolute atomic E-state index is 5.77. The van der Waals surface area contributed by atoms with Gasteiger partial charge in [-0.25, -0.2) is 0 Å². The third-order valence-electron chi connectivity index (χ3n) is 4.05. The Hall–Kier alpha value is -2.98. The molecular weight excluding hydrogens is 338 g/mol. The van der Waals surface area contributed by atoms with Crippen molar-refractivity contribution in [2.75, 3.05) is 19.8 Å². The summed E-state index contributed by atoms with van der Waals surface area (Å²) in [7, 11) is 0. The van der Waals surface area contributed by atoms with E-state index < -0.39 is 0 Å². The maximum atomic E-state index is 5.77. The van der Waals surface area contributed by atoms with Crippen molar-refractivity contribution in [1.29, 1.82) is 0 Å². The molecule has 0 spiro atoms. The van der Waals surface area contributed by atoms with E-state index in [4.69, 9.17) is 19.9 Å². The molecule has 0 atom stereocenters. The predicted octanol–water partition coefficient (Wildman–Crippen LogP) is 4.22. The third-order valence-corrected chi connectivity index (χ3v) is 4.05. The van der Waals surface area contributed by atoms with Crippen molar-refractivity contribution in [2.24, 2.45) is 5.73 Å². The second-order valence-electron chi connectivity index (χ2n) is 6.13. The molecule has 0 saturated heterocycles. The van der Waals surface area contributed by atoms with Crippen molar-refractivity contribution in [3.8, 4) is 17.2 Å². The molecule has 0 heterocycles. The molecule has 4 nitrogen and oxygen atoms in total. The summed E-state index contributed by atoms with van der Waals surface area (Å²) in [5.41, 5.74) is 7.91.